The molecule has 1 aliphatic carbocycles. The van der Waals surface area contributed by atoms with Crippen LogP contribution in [0.3, 0.4) is 0 Å². The minimum absolute atomic E-state index is 0.493. The lowest BCUT2D eigenvalue weighted by Gasteiger charge is -2.17. The molecular weight excluding hydrogens is 264 g/mol. The molecule has 2 aromatic rings. The van der Waals surface area contributed by atoms with Gasteiger partial charge in [0.25, 0.3) is 0 Å². The SMILES string of the molecule is COc1cccc(CC2(O)CC2)c1OCc1ccccc1. The quantitative estimate of drug-likeness (QED) is 0.884. The Morgan fingerprint density at radius 2 is 1.81 bits per heavy atom. The maximum atomic E-state index is 10.2. The van der Waals surface area contributed by atoms with Crippen LogP contribution in [0.1, 0.15) is 24.0 Å². The fourth-order valence-electron chi connectivity index (χ4n) is 2.43. The van der Waals surface area contributed by atoms with E-state index in [1.54, 1.807) is 7.11 Å². The van der Waals surface area contributed by atoms with Crippen molar-refractivity contribution in [2.45, 2.75) is 31.5 Å². The van der Waals surface area contributed by atoms with Crippen molar-refractivity contribution in [1.29, 1.82) is 0 Å². The Morgan fingerprint density at radius 3 is 2.48 bits per heavy atom. The Bertz CT molecular complexity index is 603. The van der Waals surface area contributed by atoms with E-state index in [0.29, 0.717) is 18.8 Å². The zero-order chi connectivity index (χ0) is 14.7. The average Bonchev–Trinajstić information content (AvgIpc) is 3.24. The number of benzene rings is 2. The topological polar surface area (TPSA) is 38.7 Å². The van der Waals surface area contributed by atoms with Gasteiger partial charge in [0.2, 0.25) is 0 Å². The molecule has 0 amide bonds. The highest BCUT2D eigenvalue weighted by atomic mass is 16.5. The van der Waals surface area contributed by atoms with Crippen molar-refractivity contribution in [2.24, 2.45) is 0 Å². The zero-order valence-corrected chi connectivity index (χ0v) is 12.2. The first-order valence-corrected chi connectivity index (χ1v) is 7.25. The van der Waals surface area contributed by atoms with Gasteiger partial charge >= 0.3 is 0 Å². The lowest BCUT2D eigenvalue weighted by atomic mass is 10.0. The van der Waals surface area contributed by atoms with Crippen molar-refractivity contribution >= 4 is 0 Å². The van der Waals surface area contributed by atoms with Crippen LogP contribution in [0.25, 0.3) is 0 Å². The Balaban J connectivity index is 1.81. The lowest BCUT2D eigenvalue weighted by Crippen LogP contribution is -2.12. The third kappa shape index (κ3) is 3.37. The maximum Gasteiger partial charge on any atom is 0.164 e. The fraction of sp³-hybridized carbons (Fsp3) is 0.333. The summed E-state index contributed by atoms with van der Waals surface area (Å²) < 4.78 is 11.4. The molecule has 0 heterocycles. The molecule has 0 aromatic heterocycles. The van der Waals surface area contributed by atoms with E-state index < -0.39 is 5.60 Å². The predicted octanol–water partition coefficient (Wildman–Crippen LogP) is 3.34. The molecule has 0 aliphatic heterocycles. The van der Waals surface area contributed by atoms with Gasteiger partial charge in [-0.25, -0.2) is 0 Å². The van der Waals surface area contributed by atoms with Gasteiger partial charge in [0.05, 0.1) is 12.7 Å². The van der Waals surface area contributed by atoms with Crippen molar-refractivity contribution in [1.82, 2.24) is 0 Å². The Hall–Kier alpha value is -2.00. The molecule has 3 nitrogen and oxygen atoms in total. The van der Waals surface area contributed by atoms with Gasteiger partial charge in [-0.1, -0.05) is 42.5 Å². The highest BCUT2D eigenvalue weighted by Crippen LogP contribution is 2.42. The van der Waals surface area contributed by atoms with Gasteiger partial charge < -0.3 is 14.6 Å². The molecule has 1 aliphatic rings. The summed E-state index contributed by atoms with van der Waals surface area (Å²) >= 11 is 0. The third-order valence-corrected chi connectivity index (χ3v) is 3.85. The first kappa shape index (κ1) is 14.0. The van der Waals surface area contributed by atoms with E-state index in [9.17, 15) is 5.11 Å². The summed E-state index contributed by atoms with van der Waals surface area (Å²) in [5.41, 5.74) is 1.57. The van der Waals surface area contributed by atoms with Crippen LogP contribution in [0, 0.1) is 0 Å². The highest BCUT2D eigenvalue weighted by molar-refractivity contribution is 5.47. The lowest BCUT2D eigenvalue weighted by molar-refractivity contribution is 0.149. The van der Waals surface area contributed by atoms with Gasteiger partial charge in [-0.15, -0.1) is 0 Å². The molecule has 0 radical (unpaired) electrons. The monoisotopic (exact) mass is 284 g/mol. The Morgan fingerprint density at radius 1 is 1.05 bits per heavy atom. The third-order valence-electron chi connectivity index (χ3n) is 3.85. The van der Waals surface area contributed by atoms with Crippen LogP contribution < -0.4 is 9.47 Å². The molecule has 0 atom stereocenters. The minimum atomic E-state index is -0.544. The summed E-state index contributed by atoms with van der Waals surface area (Å²) in [5, 5.41) is 10.2. The van der Waals surface area contributed by atoms with Crippen LogP contribution in [0.5, 0.6) is 11.5 Å². The van der Waals surface area contributed by atoms with Crippen LogP contribution >= 0.6 is 0 Å². The van der Waals surface area contributed by atoms with Gasteiger partial charge in [-0.2, -0.15) is 0 Å². The van der Waals surface area contributed by atoms with Gasteiger partial charge in [0.15, 0.2) is 11.5 Å². The number of rotatable bonds is 6. The second kappa shape index (κ2) is 5.78. The average molecular weight is 284 g/mol. The molecule has 0 saturated heterocycles. The Kier molecular flexibility index (Phi) is 3.84. The minimum Gasteiger partial charge on any atom is -0.493 e. The summed E-state index contributed by atoms with van der Waals surface area (Å²) in [6.07, 6.45) is 2.35. The first-order valence-electron chi connectivity index (χ1n) is 7.25. The molecule has 1 N–H and O–H groups in total. The van der Waals surface area contributed by atoms with Crippen molar-refractivity contribution in [3.63, 3.8) is 0 Å². The van der Waals surface area contributed by atoms with Gasteiger partial charge in [-0.05, 0) is 24.5 Å². The van der Waals surface area contributed by atoms with Gasteiger partial charge in [0, 0.05) is 12.0 Å². The van der Waals surface area contributed by atoms with Crippen LogP contribution in [-0.2, 0) is 13.0 Å². The van der Waals surface area contributed by atoms with Crippen molar-refractivity contribution in [3.05, 3.63) is 59.7 Å². The van der Waals surface area contributed by atoms with E-state index in [1.807, 2.05) is 48.5 Å². The number of hydrogen-bond acceptors (Lipinski definition) is 3. The number of ether oxygens (including phenoxy) is 2. The Labute approximate surface area is 125 Å². The standard InChI is InChI=1S/C18H20O3/c1-20-16-9-5-8-15(12-18(19)10-11-18)17(16)21-13-14-6-3-2-4-7-14/h2-9,19H,10-13H2,1H3. The number of aliphatic hydroxyl groups is 1. The first-order chi connectivity index (χ1) is 10.2. The molecule has 3 rings (SSSR count). The van der Waals surface area contributed by atoms with E-state index >= 15 is 0 Å². The van der Waals surface area contributed by atoms with E-state index in [4.69, 9.17) is 9.47 Å². The molecule has 0 spiro atoms. The van der Waals surface area contributed by atoms with Crippen molar-refractivity contribution in [3.8, 4) is 11.5 Å². The molecule has 110 valence electrons. The molecule has 0 bridgehead atoms. The van der Waals surface area contributed by atoms with E-state index in [1.165, 1.54) is 0 Å². The fourth-order valence-corrected chi connectivity index (χ4v) is 2.43. The summed E-state index contributed by atoms with van der Waals surface area (Å²) in [5.74, 6) is 1.46. The van der Waals surface area contributed by atoms with Gasteiger partial charge in [0.1, 0.15) is 6.61 Å². The highest BCUT2D eigenvalue weighted by Gasteiger charge is 2.41. The molecule has 2 aromatic carbocycles. The van der Waals surface area contributed by atoms with E-state index in [0.717, 1.165) is 29.7 Å². The second-order valence-electron chi connectivity index (χ2n) is 5.62. The van der Waals surface area contributed by atoms with Crippen LogP contribution in [-0.4, -0.2) is 17.8 Å². The van der Waals surface area contributed by atoms with E-state index in [2.05, 4.69) is 0 Å². The molecular formula is C18H20O3. The maximum absolute atomic E-state index is 10.2. The molecule has 1 saturated carbocycles. The summed E-state index contributed by atoms with van der Waals surface area (Å²) in [7, 11) is 1.64. The normalized spacial score (nSPS) is 15.5. The number of hydrogen-bond donors (Lipinski definition) is 1. The van der Waals surface area contributed by atoms with Crippen LogP contribution in [0.4, 0.5) is 0 Å². The number of para-hydroxylation sites is 1. The van der Waals surface area contributed by atoms with Crippen LogP contribution in [0.15, 0.2) is 48.5 Å². The molecule has 0 unspecified atom stereocenters. The summed E-state index contributed by atoms with van der Waals surface area (Å²) in [6, 6.07) is 15.9. The number of methoxy groups -OCH3 is 1. The molecule has 21 heavy (non-hydrogen) atoms. The van der Waals surface area contributed by atoms with Gasteiger partial charge in [-0.3, -0.25) is 0 Å². The van der Waals surface area contributed by atoms with E-state index in [-0.39, 0.29) is 0 Å². The zero-order valence-electron chi connectivity index (χ0n) is 12.2. The molecule has 3 heteroatoms. The molecule has 1 fully saturated rings. The largest absolute Gasteiger partial charge is 0.493 e. The van der Waals surface area contributed by atoms with Crippen molar-refractivity contribution in [2.75, 3.05) is 7.11 Å². The smallest absolute Gasteiger partial charge is 0.164 e. The van der Waals surface area contributed by atoms with Crippen LogP contribution in [0.2, 0.25) is 0 Å². The summed E-state index contributed by atoms with van der Waals surface area (Å²) in [4.78, 5) is 0. The predicted molar refractivity (Wildman–Crippen MR) is 81.7 cm³/mol. The summed E-state index contributed by atoms with van der Waals surface area (Å²) in [6.45, 7) is 0.493. The second-order valence-corrected chi connectivity index (χ2v) is 5.62. The van der Waals surface area contributed by atoms with Crippen molar-refractivity contribution < 1.29 is 14.6 Å².